The fourth-order valence-corrected chi connectivity index (χ4v) is 2.40. The number of thiol groups is 1. The first kappa shape index (κ1) is 23.7. The Bertz CT molecular complexity index is 861. The van der Waals surface area contributed by atoms with Crippen LogP contribution in [-0.4, -0.2) is 27.8 Å². The van der Waals surface area contributed by atoms with Crippen molar-refractivity contribution < 1.29 is 13.5 Å². The van der Waals surface area contributed by atoms with Gasteiger partial charge in [-0.2, -0.15) is 21.4 Å². The fourth-order valence-electron chi connectivity index (χ4n) is 2.19. The van der Waals surface area contributed by atoms with E-state index in [1.807, 2.05) is 37.4 Å². The number of anilines is 1. The first-order chi connectivity index (χ1) is 13.3. The number of imidazole rings is 1. The normalized spacial score (nSPS) is 9.86. The van der Waals surface area contributed by atoms with Gasteiger partial charge in [-0.3, -0.25) is 0 Å². The maximum absolute atomic E-state index is 11.7. The molecule has 0 radical (unpaired) electrons. The molecular formula is C19H23ClF2N4OS. The van der Waals surface area contributed by atoms with Crippen LogP contribution in [0.4, 0.5) is 14.6 Å². The number of hydrogen-bond donors (Lipinski definition) is 3. The molecule has 0 fully saturated rings. The van der Waals surface area contributed by atoms with Crippen LogP contribution in [0.3, 0.4) is 0 Å². The van der Waals surface area contributed by atoms with E-state index in [2.05, 4.69) is 32.3 Å². The van der Waals surface area contributed by atoms with Gasteiger partial charge in [0, 0.05) is 23.3 Å². The van der Waals surface area contributed by atoms with Crippen molar-refractivity contribution in [1.82, 2.24) is 15.0 Å². The van der Waals surface area contributed by atoms with Crippen LogP contribution in [0.25, 0.3) is 0 Å². The third-order valence-corrected chi connectivity index (χ3v) is 3.53. The van der Waals surface area contributed by atoms with Crippen LogP contribution in [0.5, 0.6) is 5.75 Å². The number of aromatic nitrogens is 3. The molecule has 0 unspecified atom stereocenters. The summed E-state index contributed by atoms with van der Waals surface area (Å²) < 4.78 is 27.6. The van der Waals surface area contributed by atoms with Crippen molar-refractivity contribution in [2.75, 3.05) is 12.0 Å². The number of aromatic amines is 1. The van der Waals surface area contributed by atoms with Crippen molar-refractivity contribution >= 4 is 30.0 Å². The van der Waals surface area contributed by atoms with E-state index in [0.29, 0.717) is 5.69 Å². The van der Waals surface area contributed by atoms with Gasteiger partial charge in [0.15, 0.2) is 0 Å². The molecule has 2 aromatic heterocycles. The Morgan fingerprint density at radius 3 is 2.46 bits per heavy atom. The zero-order chi connectivity index (χ0) is 21.1. The highest BCUT2D eigenvalue weighted by Gasteiger charge is 2.07. The average molecular weight is 429 g/mol. The van der Waals surface area contributed by atoms with Crippen molar-refractivity contribution in [3.8, 4) is 5.75 Å². The van der Waals surface area contributed by atoms with Gasteiger partial charge in [0.2, 0.25) is 0 Å². The number of aryl methyl sites for hydroxylation is 2. The molecule has 3 aromatic rings. The van der Waals surface area contributed by atoms with Crippen LogP contribution in [0.1, 0.15) is 22.8 Å². The molecule has 0 bridgehead atoms. The van der Waals surface area contributed by atoms with Crippen molar-refractivity contribution in [2.45, 2.75) is 26.9 Å². The van der Waals surface area contributed by atoms with Gasteiger partial charge in [0.05, 0.1) is 5.69 Å². The average Bonchev–Trinajstić information content (AvgIpc) is 3.04. The molecule has 1 aromatic carbocycles. The van der Waals surface area contributed by atoms with Gasteiger partial charge in [0.1, 0.15) is 17.4 Å². The summed E-state index contributed by atoms with van der Waals surface area (Å²) >= 11 is 9.41. The number of nitrogens with two attached hydrogens (primary N) is 1. The van der Waals surface area contributed by atoms with E-state index in [-0.39, 0.29) is 11.6 Å². The number of rotatable bonds is 4. The van der Waals surface area contributed by atoms with Gasteiger partial charge in [-0.15, -0.1) is 0 Å². The van der Waals surface area contributed by atoms with Crippen molar-refractivity contribution in [3.05, 3.63) is 70.4 Å². The van der Waals surface area contributed by atoms with Crippen LogP contribution in [0.2, 0.25) is 5.02 Å². The fraction of sp³-hybridized carbons (Fsp3) is 0.263. The zero-order valence-electron chi connectivity index (χ0n) is 15.8. The van der Waals surface area contributed by atoms with Gasteiger partial charge in [-0.1, -0.05) is 23.7 Å². The second-order valence-electron chi connectivity index (χ2n) is 5.52. The van der Waals surface area contributed by atoms with Crippen LogP contribution in [0.15, 0.2) is 42.6 Å². The highest BCUT2D eigenvalue weighted by Crippen LogP contribution is 2.18. The molecule has 5 nitrogen and oxygen atoms in total. The number of nitrogen functional groups attached to an aromatic ring is 1. The Balaban J connectivity index is 0.000000260. The van der Waals surface area contributed by atoms with Crippen LogP contribution < -0.4 is 10.5 Å². The Morgan fingerprint density at radius 1 is 1.21 bits per heavy atom. The smallest absolute Gasteiger partial charge is 0.387 e. The van der Waals surface area contributed by atoms with Crippen LogP contribution in [-0.2, 0) is 6.42 Å². The molecule has 0 spiro atoms. The lowest BCUT2D eigenvalue weighted by atomic mass is 10.1. The summed E-state index contributed by atoms with van der Waals surface area (Å²) in [6.45, 7) is 0.719. The third kappa shape index (κ3) is 8.58. The van der Waals surface area contributed by atoms with Gasteiger partial charge < -0.3 is 15.5 Å². The highest BCUT2D eigenvalue weighted by molar-refractivity contribution is 7.79. The molecular weight excluding hydrogens is 406 g/mol. The maximum Gasteiger partial charge on any atom is 0.387 e. The summed E-state index contributed by atoms with van der Waals surface area (Å²) in [5, 5.41) is 0.769. The lowest BCUT2D eigenvalue weighted by Gasteiger charge is -2.06. The number of alkyl halides is 2. The summed E-state index contributed by atoms with van der Waals surface area (Å²) in [6.07, 6.45) is 4.33. The number of benzene rings is 1. The quantitative estimate of drug-likeness (QED) is 0.506. The van der Waals surface area contributed by atoms with Gasteiger partial charge in [-0.05, 0) is 49.9 Å². The highest BCUT2D eigenvalue weighted by atomic mass is 35.5. The number of nitrogens with one attached hydrogen (secondary N) is 1. The van der Waals surface area contributed by atoms with Crippen molar-refractivity contribution in [1.29, 1.82) is 0 Å². The molecule has 3 rings (SSSR count). The number of H-pyrrole nitrogens is 1. The predicted molar refractivity (Wildman–Crippen MR) is 113 cm³/mol. The van der Waals surface area contributed by atoms with E-state index in [1.54, 1.807) is 13.2 Å². The van der Waals surface area contributed by atoms with E-state index in [4.69, 9.17) is 17.3 Å². The summed E-state index contributed by atoms with van der Waals surface area (Å²) in [4.78, 5) is 11.2. The largest absolute Gasteiger partial charge is 0.433 e. The molecule has 2 heterocycles. The van der Waals surface area contributed by atoms with Gasteiger partial charge in [0.25, 0.3) is 0 Å². The summed E-state index contributed by atoms with van der Waals surface area (Å²) in [6, 6.07) is 10.6. The predicted octanol–water partition coefficient (Wildman–Crippen LogP) is 5.08. The minimum absolute atomic E-state index is 0.0548. The van der Waals surface area contributed by atoms with Crippen molar-refractivity contribution in [2.24, 2.45) is 0 Å². The standard InChI is InChI=1S/C11H11ClN2.C7H8F2N2O.CH4S/c1-8-7-13-11(14-8)6-9-3-2-4-10(12)5-9;1-4-5(12-7(8)9)2-3-6(10)11-4;1-2/h2-5,7H,6H2,1H3,(H,13,14);2-3,7H,1H3,(H2,10,11);2H,1H3. The van der Waals surface area contributed by atoms with E-state index in [0.717, 1.165) is 23.0 Å². The molecule has 152 valence electrons. The molecule has 0 aliphatic rings. The van der Waals surface area contributed by atoms with Crippen LogP contribution >= 0.6 is 24.2 Å². The lowest BCUT2D eigenvalue weighted by molar-refractivity contribution is -0.0505. The lowest BCUT2D eigenvalue weighted by Crippen LogP contribution is -2.04. The Hall–Kier alpha value is -2.32. The van der Waals surface area contributed by atoms with E-state index in [1.165, 1.54) is 17.7 Å². The monoisotopic (exact) mass is 428 g/mol. The second-order valence-corrected chi connectivity index (χ2v) is 5.95. The van der Waals surface area contributed by atoms with Crippen LogP contribution in [0, 0.1) is 13.8 Å². The maximum atomic E-state index is 11.7. The van der Waals surface area contributed by atoms with Gasteiger partial charge in [-0.25, -0.2) is 9.97 Å². The molecule has 0 amide bonds. The van der Waals surface area contributed by atoms with Gasteiger partial charge >= 0.3 is 6.61 Å². The molecule has 0 aliphatic carbocycles. The SMILES string of the molecule is CS.Cc1cnc(Cc2cccc(Cl)c2)[nH]1.Cc1nc(N)ccc1OC(F)F. The third-order valence-electron chi connectivity index (χ3n) is 3.29. The Morgan fingerprint density at radius 2 is 1.93 bits per heavy atom. The number of ether oxygens (including phenoxy) is 1. The Labute approximate surface area is 173 Å². The molecule has 9 heteroatoms. The molecule has 0 atom stereocenters. The number of nitrogens with zero attached hydrogens (tertiary/aromatic N) is 2. The number of pyridine rings is 1. The van der Waals surface area contributed by atoms with E-state index >= 15 is 0 Å². The summed E-state index contributed by atoms with van der Waals surface area (Å²) in [7, 11) is 0. The number of hydrogen-bond acceptors (Lipinski definition) is 5. The molecule has 28 heavy (non-hydrogen) atoms. The van der Waals surface area contributed by atoms with Crippen molar-refractivity contribution in [3.63, 3.8) is 0 Å². The van der Waals surface area contributed by atoms with E-state index in [9.17, 15) is 8.78 Å². The Kier molecular flexibility index (Phi) is 10.3. The summed E-state index contributed by atoms with van der Waals surface area (Å²) in [5.41, 5.74) is 7.92. The first-order valence-corrected chi connectivity index (χ1v) is 9.48. The van der Waals surface area contributed by atoms with E-state index < -0.39 is 6.61 Å². The zero-order valence-corrected chi connectivity index (χ0v) is 17.4. The molecule has 3 N–H and O–H groups in total. The first-order valence-electron chi connectivity index (χ1n) is 8.21. The molecule has 0 saturated carbocycles. The molecule has 0 aliphatic heterocycles. The minimum atomic E-state index is -2.82. The minimum Gasteiger partial charge on any atom is -0.433 e. The number of halogens is 3. The topological polar surface area (TPSA) is 76.8 Å². The summed E-state index contributed by atoms with van der Waals surface area (Å²) in [5.74, 6) is 1.32. The molecule has 0 saturated heterocycles. The second kappa shape index (κ2) is 12.2.